The Bertz CT molecular complexity index is 340. The van der Waals surface area contributed by atoms with E-state index in [1.54, 1.807) is 0 Å². The number of carbonyl (C=O) groups excluding carboxylic acids is 1. The predicted molar refractivity (Wildman–Crippen MR) is 133 cm³/mol. The fourth-order valence-electron chi connectivity index (χ4n) is 4.25. The monoisotopic (exact) mass is 424 g/mol. The summed E-state index contributed by atoms with van der Waals surface area (Å²) in [5.41, 5.74) is 0. The molecule has 0 aliphatic carbocycles. The molecule has 0 saturated heterocycles. The molecule has 180 valence electrons. The van der Waals surface area contributed by atoms with Crippen LogP contribution in [0.4, 0.5) is 0 Å². The number of hydrogen-bond donors (Lipinski definition) is 0. The molecule has 1 atom stereocenters. The summed E-state index contributed by atoms with van der Waals surface area (Å²) in [6, 6.07) is 0. The summed E-state index contributed by atoms with van der Waals surface area (Å²) in [5.74, 6) is 0.183. The van der Waals surface area contributed by atoms with Gasteiger partial charge in [-0.15, -0.1) is 0 Å². The standard InChI is InChI=1S/C28H56O2/c1-4-7-9-11-13-14-15-16-17-18-19-20-21-23-25-27(6-3)28(29)30-26-24-22-12-10-8-5-2/h27H,4-26H2,1-3H3. The van der Waals surface area contributed by atoms with Crippen molar-refractivity contribution >= 4 is 5.97 Å². The Labute approximate surface area is 190 Å². The summed E-state index contributed by atoms with van der Waals surface area (Å²) < 4.78 is 5.53. The second kappa shape index (κ2) is 24.7. The smallest absolute Gasteiger partial charge is 0.308 e. The Balaban J connectivity index is 3.42. The first-order valence-electron chi connectivity index (χ1n) is 13.9. The summed E-state index contributed by atoms with van der Waals surface area (Å²) in [6.07, 6.45) is 28.8. The minimum Gasteiger partial charge on any atom is -0.465 e. The van der Waals surface area contributed by atoms with E-state index in [0.29, 0.717) is 6.61 Å². The lowest BCUT2D eigenvalue weighted by Gasteiger charge is -2.14. The van der Waals surface area contributed by atoms with Crippen molar-refractivity contribution in [2.75, 3.05) is 6.61 Å². The van der Waals surface area contributed by atoms with Gasteiger partial charge in [0.2, 0.25) is 0 Å². The number of hydrogen-bond acceptors (Lipinski definition) is 2. The topological polar surface area (TPSA) is 26.3 Å². The van der Waals surface area contributed by atoms with Crippen LogP contribution in [0.25, 0.3) is 0 Å². The van der Waals surface area contributed by atoms with Crippen LogP contribution < -0.4 is 0 Å². The van der Waals surface area contributed by atoms with Gasteiger partial charge in [-0.1, -0.05) is 143 Å². The second-order valence-electron chi connectivity index (χ2n) is 9.43. The molecule has 0 aromatic carbocycles. The van der Waals surface area contributed by atoms with Gasteiger partial charge >= 0.3 is 5.97 Å². The largest absolute Gasteiger partial charge is 0.465 e. The maximum absolute atomic E-state index is 12.3. The van der Waals surface area contributed by atoms with E-state index < -0.39 is 0 Å². The Morgan fingerprint density at radius 2 is 0.900 bits per heavy atom. The zero-order valence-electron chi connectivity index (χ0n) is 21.2. The van der Waals surface area contributed by atoms with Gasteiger partial charge in [-0.05, 0) is 19.3 Å². The first kappa shape index (κ1) is 29.5. The normalized spacial score (nSPS) is 12.2. The average molecular weight is 425 g/mol. The van der Waals surface area contributed by atoms with Crippen LogP contribution in [0, 0.1) is 5.92 Å². The van der Waals surface area contributed by atoms with Crippen molar-refractivity contribution < 1.29 is 9.53 Å². The number of ether oxygens (including phenoxy) is 1. The molecule has 0 radical (unpaired) electrons. The van der Waals surface area contributed by atoms with Crippen molar-refractivity contribution in [3.8, 4) is 0 Å². The molecule has 0 heterocycles. The summed E-state index contributed by atoms with van der Waals surface area (Å²) in [4.78, 5) is 12.3. The molecule has 0 N–H and O–H groups in total. The van der Waals surface area contributed by atoms with Crippen molar-refractivity contribution in [2.24, 2.45) is 5.92 Å². The van der Waals surface area contributed by atoms with E-state index in [0.717, 1.165) is 19.3 Å². The van der Waals surface area contributed by atoms with Gasteiger partial charge < -0.3 is 4.74 Å². The van der Waals surface area contributed by atoms with Gasteiger partial charge in [0.1, 0.15) is 0 Å². The van der Waals surface area contributed by atoms with Crippen LogP contribution >= 0.6 is 0 Å². The molecule has 0 aliphatic heterocycles. The fraction of sp³-hybridized carbons (Fsp3) is 0.964. The van der Waals surface area contributed by atoms with E-state index in [4.69, 9.17) is 4.74 Å². The van der Waals surface area contributed by atoms with E-state index >= 15 is 0 Å². The quantitative estimate of drug-likeness (QED) is 0.114. The van der Waals surface area contributed by atoms with Gasteiger partial charge in [0.25, 0.3) is 0 Å². The number of esters is 1. The Morgan fingerprint density at radius 3 is 1.30 bits per heavy atom. The fourth-order valence-corrected chi connectivity index (χ4v) is 4.25. The minimum absolute atomic E-state index is 0.0563. The molecule has 2 nitrogen and oxygen atoms in total. The van der Waals surface area contributed by atoms with Crippen LogP contribution in [0.1, 0.15) is 162 Å². The van der Waals surface area contributed by atoms with Crippen molar-refractivity contribution in [3.05, 3.63) is 0 Å². The molecule has 0 aliphatic rings. The Morgan fingerprint density at radius 1 is 0.533 bits per heavy atom. The van der Waals surface area contributed by atoms with Crippen LogP contribution in [0.15, 0.2) is 0 Å². The van der Waals surface area contributed by atoms with Crippen LogP contribution in [0.3, 0.4) is 0 Å². The first-order chi connectivity index (χ1) is 14.8. The molecule has 0 amide bonds. The number of unbranched alkanes of at least 4 members (excludes halogenated alkanes) is 18. The number of rotatable bonds is 24. The predicted octanol–water partition coefficient (Wildman–Crippen LogP) is 9.79. The van der Waals surface area contributed by atoms with Gasteiger partial charge in [0.05, 0.1) is 12.5 Å². The van der Waals surface area contributed by atoms with Gasteiger partial charge in [-0.25, -0.2) is 0 Å². The summed E-state index contributed by atoms with van der Waals surface area (Å²) in [7, 11) is 0. The zero-order chi connectivity index (χ0) is 22.1. The van der Waals surface area contributed by atoms with Crippen molar-refractivity contribution in [2.45, 2.75) is 162 Å². The Hall–Kier alpha value is -0.530. The summed E-state index contributed by atoms with van der Waals surface area (Å²) >= 11 is 0. The van der Waals surface area contributed by atoms with Crippen LogP contribution in [0.2, 0.25) is 0 Å². The molecule has 0 aromatic rings. The highest BCUT2D eigenvalue weighted by atomic mass is 16.5. The van der Waals surface area contributed by atoms with Gasteiger partial charge in [0, 0.05) is 0 Å². The molecule has 0 spiro atoms. The van der Waals surface area contributed by atoms with Crippen molar-refractivity contribution in [1.29, 1.82) is 0 Å². The van der Waals surface area contributed by atoms with E-state index in [1.807, 2.05) is 0 Å². The third kappa shape index (κ3) is 20.7. The first-order valence-corrected chi connectivity index (χ1v) is 13.9. The Kier molecular flexibility index (Phi) is 24.3. The average Bonchev–Trinajstić information content (AvgIpc) is 2.75. The highest BCUT2D eigenvalue weighted by molar-refractivity contribution is 5.72. The number of carbonyl (C=O) groups is 1. The molecular weight excluding hydrogens is 368 g/mol. The van der Waals surface area contributed by atoms with Gasteiger partial charge in [-0.2, -0.15) is 0 Å². The van der Waals surface area contributed by atoms with Gasteiger partial charge in [0.15, 0.2) is 0 Å². The van der Waals surface area contributed by atoms with Gasteiger partial charge in [-0.3, -0.25) is 4.79 Å². The lowest BCUT2D eigenvalue weighted by atomic mass is 9.97. The van der Waals surface area contributed by atoms with Crippen molar-refractivity contribution in [3.63, 3.8) is 0 Å². The summed E-state index contributed by atoms with van der Waals surface area (Å²) in [5, 5.41) is 0. The molecule has 30 heavy (non-hydrogen) atoms. The molecule has 2 heteroatoms. The minimum atomic E-state index is 0.0563. The van der Waals surface area contributed by atoms with Crippen molar-refractivity contribution in [1.82, 2.24) is 0 Å². The van der Waals surface area contributed by atoms with E-state index in [9.17, 15) is 4.79 Å². The van der Waals surface area contributed by atoms with Crippen LogP contribution in [0.5, 0.6) is 0 Å². The molecule has 0 fully saturated rings. The molecule has 0 saturated carbocycles. The molecule has 1 unspecified atom stereocenters. The lowest BCUT2D eigenvalue weighted by Crippen LogP contribution is -2.17. The highest BCUT2D eigenvalue weighted by Gasteiger charge is 2.17. The molecule has 0 bridgehead atoms. The maximum atomic E-state index is 12.3. The van der Waals surface area contributed by atoms with Crippen LogP contribution in [-0.2, 0) is 9.53 Å². The molecule has 0 rings (SSSR count). The second-order valence-corrected chi connectivity index (χ2v) is 9.43. The lowest BCUT2D eigenvalue weighted by molar-refractivity contribution is -0.149. The third-order valence-electron chi connectivity index (χ3n) is 6.47. The SMILES string of the molecule is CCCCCCCCCCCCCCCCC(CC)C(=O)OCCCCCCCC. The highest BCUT2D eigenvalue weighted by Crippen LogP contribution is 2.18. The van der Waals surface area contributed by atoms with Crippen LogP contribution in [-0.4, -0.2) is 12.6 Å². The zero-order valence-corrected chi connectivity index (χ0v) is 21.2. The van der Waals surface area contributed by atoms with E-state index in [2.05, 4.69) is 20.8 Å². The maximum Gasteiger partial charge on any atom is 0.308 e. The van der Waals surface area contributed by atoms with E-state index in [-0.39, 0.29) is 11.9 Å². The summed E-state index contributed by atoms with van der Waals surface area (Å²) in [6.45, 7) is 7.28. The molecule has 0 aromatic heterocycles. The third-order valence-corrected chi connectivity index (χ3v) is 6.47. The molecular formula is C28H56O2. The van der Waals surface area contributed by atoms with E-state index in [1.165, 1.54) is 122 Å².